The summed E-state index contributed by atoms with van der Waals surface area (Å²) in [5, 5.41) is 26.5. The van der Waals surface area contributed by atoms with Gasteiger partial charge in [-0.3, -0.25) is 0 Å². The van der Waals surface area contributed by atoms with E-state index < -0.39 is 11.7 Å². The minimum absolute atomic E-state index is 0.135. The molecule has 7 heteroatoms. The third-order valence-corrected chi connectivity index (χ3v) is 6.41. The summed E-state index contributed by atoms with van der Waals surface area (Å²) in [6, 6.07) is 15.4. The second kappa shape index (κ2) is 18.6. The number of aliphatic hydroxyl groups is 2. The topological polar surface area (TPSA) is 100 Å². The molecule has 0 aromatic heterocycles. The third kappa shape index (κ3) is 14.9. The van der Waals surface area contributed by atoms with Crippen molar-refractivity contribution >= 4 is 6.09 Å². The highest BCUT2D eigenvalue weighted by molar-refractivity contribution is 5.67. The van der Waals surface area contributed by atoms with Crippen LogP contribution in [0, 0.1) is 0 Å². The molecule has 0 saturated heterocycles. The van der Waals surface area contributed by atoms with E-state index in [0.29, 0.717) is 31.0 Å². The zero-order valence-electron chi connectivity index (χ0n) is 24.2. The summed E-state index contributed by atoms with van der Waals surface area (Å²) in [4.78, 5) is 11.6. The molecule has 0 aliphatic carbocycles. The Morgan fingerprint density at radius 1 is 0.872 bits per heavy atom. The average Bonchev–Trinajstić information content (AvgIpc) is 2.91. The summed E-state index contributed by atoms with van der Waals surface area (Å²) in [5.41, 5.74) is 2.08. The monoisotopic (exact) mass is 542 g/mol. The molecule has 39 heavy (non-hydrogen) atoms. The molecule has 0 bridgehead atoms. The lowest BCUT2D eigenvalue weighted by molar-refractivity contribution is 0.0527. The number of amides is 1. The average molecular weight is 543 g/mol. The van der Waals surface area contributed by atoms with Gasteiger partial charge in [0.1, 0.15) is 18.0 Å². The van der Waals surface area contributed by atoms with Crippen molar-refractivity contribution in [1.29, 1.82) is 0 Å². The first-order valence-corrected chi connectivity index (χ1v) is 14.5. The van der Waals surface area contributed by atoms with Crippen molar-refractivity contribution in [2.24, 2.45) is 0 Å². The maximum Gasteiger partial charge on any atom is 0.407 e. The quantitative estimate of drug-likeness (QED) is 0.153. The van der Waals surface area contributed by atoms with Crippen LogP contribution in [0.15, 0.2) is 48.5 Å². The molecule has 0 saturated carbocycles. The lowest BCUT2D eigenvalue weighted by atomic mass is 10.0. The maximum absolute atomic E-state index is 11.6. The van der Waals surface area contributed by atoms with Gasteiger partial charge in [0.15, 0.2) is 0 Å². The lowest BCUT2D eigenvalue weighted by Gasteiger charge is -2.19. The van der Waals surface area contributed by atoms with Crippen LogP contribution in [-0.4, -0.2) is 41.5 Å². The fourth-order valence-corrected chi connectivity index (χ4v) is 4.28. The predicted molar refractivity (Wildman–Crippen MR) is 157 cm³/mol. The predicted octanol–water partition coefficient (Wildman–Crippen LogP) is 6.42. The second-order valence-corrected chi connectivity index (χ2v) is 11.1. The van der Waals surface area contributed by atoms with Crippen LogP contribution in [0.25, 0.3) is 0 Å². The van der Waals surface area contributed by atoms with Gasteiger partial charge in [-0.05, 0) is 63.4 Å². The zero-order valence-corrected chi connectivity index (χ0v) is 24.2. The Morgan fingerprint density at radius 3 is 2.10 bits per heavy atom. The van der Waals surface area contributed by atoms with E-state index in [0.717, 1.165) is 36.9 Å². The molecular weight excluding hydrogens is 492 g/mol. The number of carbonyl (C=O) groups is 1. The summed E-state index contributed by atoms with van der Waals surface area (Å²) in [5.74, 6) is 0.639. The van der Waals surface area contributed by atoms with Crippen LogP contribution in [0.4, 0.5) is 4.79 Å². The van der Waals surface area contributed by atoms with E-state index in [-0.39, 0.29) is 12.7 Å². The number of aliphatic hydroxyl groups excluding tert-OH is 2. The summed E-state index contributed by atoms with van der Waals surface area (Å²) in [6.45, 7) is 7.95. The van der Waals surface area contributed by atoms with Crippen LogP contribution >= 0.6 is 0 Å². The van der Waals surface area contributed by atoms with Crippen molar-refractivity contribution in [2.45, 2.75) is 103 Å². The van der Waals surface area contributed by atoms with Gasteiger partial charge in [-0.15, -0.1) is 0 Å². The number of benzene rings is 2. The minimum Gasteiger partial charge on any atom is -0.489 e. The van der Waals surface area contributed by atoms with Gasteiger partial charge in [-0.1, -0.05) is 81.3 Å². The zero-order chi connectivity index (χ0) is 28.3. The first-order chi connectivity index (χ1) is 18.8. The molecule has 2 aromatic rings. The van der Waals surface area contributed by atoms with E-state index >= 15 is 0 Å². The van der Waals surface area contributed by atoms with Crippen LogP contribution < -0.4 is 15.4 Å². The van der Waals surface area contributed by atoms with Crippen molar-refractivity contribution in [2.75, 3.05) is 19.6 Å². The Kier molecular flexibility index (Phi) is 15.6. The fraction of sp³-hybridized carbons (Fsp3) is 0.594. The van der Waals surface area contributed by atoms with Crippen molar-refractivity contribution in [1.82, 2.24) is 10.6 Å². The molecule has 2 aromatic carbocycles. The standard InChI is InChI=1S/C32H50N2O5/c1-32(2,3)39-31(37)34-21-15-10-8-6-4-5-7-9-14-20-33-23-29(36)27-18-19-30(28(22-27)24-35)38-25-26-16-12-11-13-17-26/h11-13,16-19,22,29,33,35-36H,4-10,14-15,20-21,23-25H2,1-3H3,(H,34,37)/t29-/m1/s1. The summed E-state index contributed by atoms with van der Waals surface area (Å²) in [6.07, 6.45) is 9.62. The number of hydrogen-bond acceptors (Lipinski definition) is 6. The van der Waals surface area contributed by atoms with E-state index in [1.807, 2.05) is 69.3 Å². The van der Waals surface area contributed by atoms with Gasteiger partial charge in [-0.2, -0.15) is 0 Å². The Labute approximate surface area is 235 Å². The van der Waals surface area contributed by atoms with E-state index in [2.05, 4.69) is 10.6 Å². The Morgan fingerprint density at radius 2 is 1.49 bits per heavy atom. The van der Waals surface area contributed by atoms with Crippen LogP contribution in [0.1, 0.15) is 101 Å². The van der Waals surface area contributed by atoms with Crippen molar-refractivity contribution < 1.29 is 24.5 Å². The van der Waals surface area contributed by atoms with Gasteiger partial charge < -0.3 is 30.3 Å². The van der Waals surface area contributed by atoms with Crippen LogP contribution in [0.2, 0.25) is 0 Å². The molecular formula is C32H50N2O5. The molecule has 0 radical (unpaired) electrons. The second-order valence-electron chi connectivity index (χ2n) is 11.1. The van der Waals surface area contributed by atoms with E-state index in [1.54, 1.807) is 0 Å². The number of carbonyl (C=O) groups excluding carboxylic acids is 1. The SMILES string of the molecule is CC(C)(C)OC(=O)NCCCCCCCCCCCNC[C@@H](O)c1ccc(OCc2ccccc2)c(CO)c1. The number of ether oxygens (including phenoxy) is 2. The highest BCUT2D eigenvalue weighted by Gasteiger charge is 2.15. The molecule has 0 heterocycles. The third-order valence-electron chi connectivity index (χ3n) is 6.41. The van der Waals surface area contributed by atoms with E-state index in [9.17, 15) is 15.0 Å². The Bertz CT molecular complexity index is 930. The van der Waals surface area contributed by atoms with Gasteiger partial charge in [0.2, 0.25) is 0 Å². The summed E-state index contributed by atoms with van der Waals surface area (Å²) in [7, 11) is 0. The minimum atomic E-state index is -0.627. The molecule has 1 atom stereocenters. The molecule has 4 N–H and O–H groups in total. The van der Waals surface area contributed by atoms with Gasteiger partial charge in [0.05, 0.1) is 12.7 Å². The van der Waals surface area contributed by atoms with Gasteiger partial charge in [-0.25, -0.2) is 4.79 Å². The van der Waals surface area contributed by atoms with Crippen molar-refractivity contribution in [3.8, 4) is 5.75 Å². The Balaban J connectivity index is 1.47. The highest BCUT2D eigenvalue weighted by Crippen LogP contribution is 2.24. The largest absolute Gasteiger partial charge is 0.489 e. The molecule has 0 aliphatic heterocycles. The number of rotatable bonds is 19. The van der Waals surface area contributed by atoms with Gasteiger partial charge in [0.25, 0.3) is 0 Å². The van der Waals surface area contributed by atoms with E-state index in [1.165, 1.54) is 38.5 Å². The van der Waals surface area contributed by atoms with E-state index in [4.69, 9.17) is 9.47 Å². The molecule has 0 spiro atoms. The molecule has 0 aliphatic rings. The number of alkyl carbamates (subject to hydrolysis) is 1. The molecule has 2 rings (SSSR count). The highest BCUT2D eigenvalue weighted by atomic mass is 16.6. The van der Waals surface area contributed by atoms with Crippen LogP contribution in [0.5, 0.6) is 5.75 Å². The number of nitrogens with one attached hydrogen (secondary N) is 2. The van der Waals surface area contributed by atoms with Crippen molar-refractivity contribution in [3.63, 3.8) is 0 Å². The summed E-state index contributed by atoms with van der Waals surface area (Å²) >= 11 is 0. The maximum atomic E-state index is 11.6. The molecule has 7 nitrogen and oxygen atoms in total. The van der Waals surface area contributed by atoms with Crippen LogP contribution in [-0.2, 0) is 18.0 Å². The normalized spacial score (nSPS) is 12.2. The molecule has 1 amide bonds. The fourth-order valence-electron chi connectivity index (χ4n) is 4.28. The molecule has 218 valence electrons. The first kappa shape index (κ1) is 32.6. The Hall–Kier alpha value is -2.61. The molecule has 0 unspecified atom stereocenters. The summed E-state index contributed by atoms with van der Waals surface area (Å²) < 4.78 is 11.1. The van der Waals surface area contributed by atoms with Gasteiger partial charge in [0, 0.05) is 18.7 Å². The van der Waals surface area contributed by atoms with Crippen molar-refractivity contribution in [3.05, 3.63) is 65.2 Å². The number of hydrogen-bond donors (Lipinski definition) is 4. The first-order valence-electron chi connectivity index (χ1n) is 14.5. The number of unbranched alkanes of at least 4 members (excludes halogenated alkanes) is 8. The lowest BCUT2D eigenvalue weighted by Crippen LogP contribution is -2.32. The smallest absolute Gasteiger partial charge is 0.407 e. The molecule has 0 fully saturated rings. The van der Waals surface area contributed by atoms with Crippen LogP contribution in [0.3, 0.4) is 0 Å². The van der Waals surface area contributed by atoms with Gasteiger partial charge >= 0.3 is 6.09 Å².